The maximum absolute atomic E-state index is 12.7. The molecule has 0 amide bonds. The molecule has 3 rings (SSSR count). The Morgan fingerprint density at radius 2 is 1.56 bits per heavy atom. The quantitative estimate of drug-likeness (QED) is 0.608. The summed E-state index contributed by atoms with van der Waals surface area (Å²) in [6, 6.07) is 4.44. The molecule has 0 spiro atoms. The van der Waals surface area contributed by atoms with Gasteiger partial charge in [0.15, 0.2) is 28.8 Å². The summed E-state index contributed by atoms with van der Waals surface area (Å²) in [5, 5.41) is 20.1. The third-order valence-electron chi connectivity index (χ3n) is 4.12. The van der Waals surface area contributed by atoms with Crippen LogP contribution in [-0.2, 0) is 0 Å². The van der Waals surface area contributed by atoms with E-state index in [4.69, 9.17) is 23.7 Å². The van der Waals surface area contributed by atoms with Crippen molar-refractivity contribution in [3.05, 3.63) is 35.1 Å². The summed E-state index contributed by atoms with van der Waals surface area (Å²) < 4.78 is 26.5. The maximum Gasteiger partial charge on any atom is 0.232 e. The molecule has 2 N–H and O–H groups in total. The molecule has 27 heavy (non-hydrogen) atoms. The summed E-state index contributed by atoms with van der Waals surface area (Å²) >= 11 is 0. The van der Waals surface area contributed by atoms with E-state index in [2.05, 4.69) is 0 Å². The predicted octanol–water partition coefficient (Wildman–Crippen LogP) is 2.75. The molecule has 8 nitrogen and oxygen atoms in total. The number of phenolic OH excluding ortho intramolecular Hbond substituents is 2. The molecule has 0 saturated carbocycles. The van der Waals surface area contributed by atoms with Gasteiger partial charge in [-0.25, -0.2) is 0 Å². The number of allylic oxidation sites excluding steroid dienone is 1. The number of methoxy groups -OCH3 is 4. The van der Waals surface area contributed by atoms with Crippen LogP contribution in [0.15, 0.2) is 24.0 Å². The first-order valence-corrected chi connectivity index (χ1v) is 7.82. The number of Topliss-reactive ketones (excluding diaryl/α,β-unsaturated/α-hetero) is 1. The van der Waals surface area contributed by atoms with Gasteiger partial charge in [-0.2, -0.15) is 0 Å². The molecule has 0 atom stereocenters. The molecule has 1 aliphatic rings. The van der Waals surface area contributed by atoms with Crippen LogP contribution in [0.4, 0.5) is 0 Å². The second-order valence-electron chi connectivity index (χ2n) is 5.52. The van der Waals surface area contributed by atoms with Gasteiger partial charge in [-0.1, -0.05) is 0 Å². The van der Waals surface area contributed by atoms with Crippen LogP contribution in [0.2, 0.25) is 0 Å². The van der Waals surface area contributed by atoms with Crippen molar-refractivity contribution >= 4 is 11.9 Å². The van der Waals surface area contributed by atoms with Crippen LogP contribution in [-0.4, -0.2) is 44.4 Å². The van der Waals surface area contributed by atoms with Crippen molar-refractivity contribution in [2.75, 3.05) is 28.4 Å². The highest BCUT2D eigenvalue weighted by Crippen LogP contribution is 2.50. The Morgan fingerprint density at radius 3 is 2.15 bits per heavy atom. The van der Waals surface area contributed by atoms with Crippen molar-refractivity contribution in [3.63, 3.8) is 0 Å². The van der Waals surface area contributed by atoms with Crippen LogP contribution in [0, 0.1) is 0 Å². The van der Waals surface area contributed by atoms with Gasteiger partial charge >= 0.3 is 0 Å². The molecule has 0 fully saturated rings. The highest BCUT2D eigenvalue weighted by Gasteiger charge is 2.35. The molecule has 2 aromatic carbocycles. The average Bonchev–Trinajstić information content (AvgIpc) is 2.99. The number of phenols is 2. The number of ether oxygens (including phenoxy) is 5. The summed E-state index contributed by atoms with van der Waals surface area (Å²) in [5.74, 6) is -0.250. The smallest absolute Gasteiger partial charge is 0.232 e. The molecule has 0 saturated heterocycles. The zero-order valence-electron chi connectivity index (χ0n) is 15.2. The molecule has 142 valence electrons. The molecule has 0 aliphatic carbocycles. The minimum absolute atomic E-state index is 0.0570. The van der Waals surface area contributed by atoms with Gasteiger partial charge in [0, 0.05) is 5.56 Å². The molecular weight excluding hydrogens is 356 g/mol. The standard InChI is InChI=1S/C19H18O8/c1-23-11-6-5-9(14(20)16(11)22)7-12-15(21)10-8-13(24-2)18(25-3)19(26-4)17(10)27-12/h5-8,20,22H,1-4H3/b12-7-. The van der Waals surface area contributed by atoms with Gasteiger partial charge in [0.1, 0.15) is 0 Å². The maximum atomic E-state index is 12.7. The Bertz CT molecular complexity index is 945. The number of carbonyl (C=O) groups excluding carboxylic acids is 1. The molecule has 2 aromatic rings. The van der Waals surface area contributed by atoms with Crippen LogP contribution in [0.25, 0.3) is 6.08 Å². The van der Waals surface area contributed by atoms with Gasteiger partial charge in [-0.05, 0) is 24.3 Å². The first-order chi connectivity index (χ1) is 13.0. The molecule has 0 bridgehead atoms. The van der Waals surface area contributed by atoms with Gasteiger partial charge < -0.3 is 33.9 Å². The van der Waals surface area contributed by atoms with E-state index in [1.807, 2.05) is 0 Å². The van der Waals surface area contributed by atoms with E-state index in [1.54, 1.807) is 0 Å². The second kappa shape index (κ2) is 6.99. The van der Waals surface area contributed by atoms with Crippen LogP contribution < -0.4 is 23.7 Å². The fraction of sp³-hybridized carbons (Fsp3) is 0.211. The Labute approximate surface area is 155 Å². The van der Waals surface area contributed by atoms with Gasteiger partial charge in [-0.3, -0.25) is 4.79 Å². The Kier molecular flexibility index (Phi) is 4.72. The average molecular weight is 374 g/mol. The zero-order valence-corrected chi connectivity index (χ0v) is 15.2. The molecular formula is C19H18O8. The normalized spacial score (nSPS) is 13.9. The van der Waals surface area contributed by atoms with Crippen LogP contribution in [0.3, 0.4) is 0 Å². The summed E-state index contributed by atoms with van der Waals surface area (Å²) in [4.78, 5) is 12.7. The van der Waals surface area contributed by atoms with E-state index >= 15 is 0 Å². The Morgan fingerprint density at radius 1 is 0.889 bits per heavy atom. The number of carbonyl (C=O) groups is 1. The summed E-state index contributed by atoms with van der Waals surface area (Å²) in [5.41, 5.74) is 0.412. The van der Waals surface area contributed by atoms with Crippen molar-refractivity contribution < 1.29 is 38.7 Å². The summed E-state index contributed by atoms with van der Waals surface area (Å²) in [6.07, 6.45) is 1.31. The Hall–Kier alpha value is -3.55. The van der Waals surface area contributed by atoms with E-state index in [0.29, 0.717) is 5.75 Å². The van der Waals surface area contributed by atoms with Gasteiger partial charge in [0.25, 0.3) is 0 Å². The largest absolute Gasteiger partial charge is 0.504 e. The van der Waals surface area contributed by atoms with Gasteiger partial charge in [-0.15, -0.1) is 0 Å². The van der Waals surface area contributed by atoms with Crippen LogP contribution >= 0.6 is 0 Å². The number of fused-ring (bicyclic) bond motifs is 1. The molecule has 1 aliphatic heterocycles. The van der Waals surface area contributed by atoms with Crippen LogP contribution in [0.1, 0.15) is 15.9 Å². The third kappa shape index (κ3) is 2.84. The van der Waals surface area contributed by atoms with Crippen molar-refractivity contribution in [2.24, 2.45) is 0 Å². The zero-order chi connectivity index (χ0) is 19.7. The number of rotatable bonds is 5. The van der Waals surface area contributed by atoms with Crippen molar-refractivity contribution in [2.45, 2.75) is 0 Å². The van der Waals surface area contributed by atoms with Gasteiger partial charge in [0.05, 0.1) is 34.0 Å². The second-order valence-corrected chi connectivity index (χ2v) is 5.52. The van der Waals surface area contributed by atoms with Crippen molar-refractivity contribution in [3.8, 4) is 40.2 Å². The summed E-state index contributed by atoms with van der Waals surface area (Å²) in [6.45, 7) is 0. The third-order valence-corrected chi connectivity index (χ3v) is 4.12. The number of benzene rings is 2. The Balaban J connectivity index is 2.10. The lowest BCUT2D eigenvalue weighted by Gasteiger charge is -2.14. The molecule has 0 radical (unpaired) electrons. The summed E-state index contributed by atoms with van der Waals surface area (Å²) in [7, 11) is 5.66. The lowest BCUT2D eigenvalue weighted by atomic mass is 10.1. The predicted molar refractivity (Wildman–Crippen MR) is 95.4 cm³/mol. The minimum atomic E-state index is -0.435. The number of ketones is 1. The van der Waals surface area contributed by atoms with E-state index in [-0.39, 0.29) is 39.9 Å². The van der Waals surface area contributed by atoms with E-state index in [9.17, 15) is 15.0 Å². The van der Waals surface area contributed by atoms with E-state index < -0.39 is 17.3 Å². The molecule has 8 heteroatoms. The topological polar surface area (TPSA) is 104 Å². The number of hydrogen-bond acceptors (Lipinski definition) is 8. The van der Waals surface area contributed by atoms with Crippen molar-refractivity contribution in [1.29, 1.82) is 0 Å². The van der Waals surface area contributed by atoms with Gasteiger partial charge in [0.2, 0.25) is 23.0 Å². The highest BCUT2D eigenvalue weighted by atomic mass is 16.6. The lowest BCUT2D eigenvalue weighted by molar-refractivity contribution is 0.101. The highest BCUT2D eigenvalue weighted by molar-refractivity contribution is 6.15. The number of aromatic hydroxyl groups is 2. The lowest BCUT2D eigenvalue weighted by Crippen LogP contribution is -1.99. The molecule has 0 aromatic heterocycles. The SMILES string of the molecule is COc1ccc(/C=C2\Oc3c(cc(OC)c(OC)c3OC)C2=O)c(O)c1O. The monoisotopic (exact) mass is 374 g/mol. The van der Waals surface area contributed by atoms with Crippen molar-refractivity contribution in [1.82, 2.24) is 0 Å². The first kappa shape index (κ1) is 18.2. The van der Waals surface area contributed by atoms with Crippen LogP contribution in [0.5, 0.6) is 40.2 Å². The fourth-order valence-corrected chi connectivity index (χ4v) is 2.78. The molecule has 1 heterocycles. The first-order valence-electron chi connectivity index (χ1n) is 7.82. The van der Waals surface area contributed by atoms with E-state index in [0.717, 1.165) is 0 Å². The molecule has 0 unspecified atom stereocenters. The minimum Gasteiger partial charge on any atom is -0.504 e. The van der Waals surface area contributed by atoms with E-state index in [1.165, 1.54) is 52.7 Å². The number of hydrogen-bond donors (Lipinski definition) is 2. The fourth-order valence-electron chi connectivity index (χ4n) is 2.78.